The summed E-state index contributed by atoms with van der Waals surface area (Å²) in [5, 5.41) is 0. The Labute approximate surface area is 133 Å². The first-order valence-electron chi connectivity index (χ1n) is 7.08. The highest BCUT2D eigenvalue weighted by Gasteiger charge is 2.24. The number of benzene rings is 1. The molecule has 1 aromatic carbocycles. The lowest BCUT2D eigenvalue weighted by atomic mass is 9.81. The highest BCUT2D eigenvalue weighted by Crippen LogP contribution is 2.33. The summed E-state index contributed by atoms with van der Waals surface area (Å²) in [7, 11) is 0. The molecule has 1 heterocycles. The number of nitrogens with two attached hydrogens (primary N) is 2. The van der Waals surface area contributed by atoms with E-state index in [2.05, 4.69) is 15.0 Å². The zero-order chi connectivity index (χ0) is 16.4. The first-order chi connectivity index (χ1) is 11.0. The molecule has 2 aromatic rings. The van der Waals surface area contributed by atoms with E-state index in [4.69, 9.17) is 11.5 Å². The number of halogens is 1. The van der Waals surface area contributed by atoms with Crippen LogP contribution in [0.4, 0.5) is 16.3 Å². The van der Waals surface area contributed by atoms with Crippen molar-refractivity contribution >= 4 is 17.5 Å². The summed E-state index contributed by atoms with van der Waals surface area (Å²) in [5.74, 6) is 0.230. The topological polar surface area (TPSA) is 90.7 Å². The fraction of sp³-hybridized carbons (Fsp3) is 0.118. The van der Waals surface area contributed by atoms with Crippen molar-refractivity contribution in [1.82, 2.24) is 15.0 Å². The van der Waals surface area contributed by atoms with Gasteiger partial charge in [0.15, 0.2) is 5.82 Å². The summed E-state index contributed by atoms with van der Waals surface area (Å²) in [4.78, 5) is 12.0. The average molecular weight is 309 g/mol. The Morgan fingerprint density at radius 1 is 1.04 bits per heavy atom. The number of hydrogen-bond donors (Lipinski definition) is 2. The molecule has 6 heteroatoms. The fourth-order valence-corrected chi connectivity index (χ4v) is 2.51. The van der Waals surface area contributed by atoms with Crippen molar-refractivity contribution in [3.63, 3.8) is 0 Å². The first kappa shape index (κ1) is 14.9. The summed E-state index contributed by atoms with van der Waals surface area (Å²) in [6.45, 7) is 1.99. The lowest BCUT2D eigenvalue weighted by Crippen LogP contribution is -2.16. The van der Waals surface area contributed by atoms with Gasteiger partial charge in [0.2, 0.25) is 11.9 Å². The van der Waals surface area contributed by atoms with Crippen molar-refractivity contribution < 1.29 is 4.39 Å². The van der Waals surface area contributed by atoms with Gasteiger partial charge in [-0.2, -0.15) is 15.0 Å². The summed E-state index contributed by atoms with van der Waals surface area (Å²) < 4.78 is 13.6. The van der Waals surface area contributed by atoms with Crippen molar-refractivity contribution in [2.75, 3.05) is 11.5 Å². The van der Waals surface area contributed by atoms with Gasteiger partial charge in [0.05, 0.1) is 0 Å². The molecule has 1 aliphatic rings. The monoisotopic (exact) mass is 309 g/mol. The molecule has 0 spiro atoms. The Hall–Kier alpha value is -3.02. The molecular formula is C17H16FN5. The Kier molecular flexibility index (Phi) is 3.65. The van der Waals surface area contributed by atoms with Crippen LogP contribution in [0.3, 0.4) is 0 Å². The summed E-state index contributed by atoms with van der Waals surface area (Å²) in [6, 6.07) is 6.50. The summed E-state index contributed by atoms with van der Waals surface area (Å²) in [6.07, 6.45) is 9.57. The third kappa shape index (κ3) is 3.11. The number of rotatable bonds is 2. The van der Waals surface area contributed by atoms with E-state index >= 15 is 0 Å². The van der Waals surface area contributed by atoms with Crippen LogP contribution in [0.25, 0.3) is 5.57 Å². The van der Waals surface area contributed by atoms with Crippen LogP contribution in [0.15, 0.2) is 54.6 Å². The quantitative estimate of drug-likeness (QED) is 0.890. The molecule has 1 atom stereocenters. The van der Waals surface area contributed by atoms with Crippen molar-refractivity contribution in [2.24, 2.45) is 0 Å². The number of nitrogens with zero attached hydrogens (tertiary/aromatic N) is 3. The third-order valence-electron chi connectivity index (χ3n) is 3.66. The molecule has 5 nitrogen and oxygen atoms in total. The van der Waals surface area contributed by atoms with Crippen LogP contribution in [-0.4, -0.2) is 15.0 Å². The minimum absolute atomic E-state index is 0.0615. The van der Waals surface area contributed by atoms with Crippen molar-refractivity contribution in [3.05, 3.63) is 71.9 Å². The van der Waals surface area contributed by atoms with Crippen LogP contribution >= 0.6 is 0 Å². The SMILES string of the molecule is CC1(c2cccc(F)c2)C=CC=CC(c2nc(N)nc(N)n2)=C1. The molecule has 116 valence electrons. The molecule has 23 heavy (non-hydrogen) atoms. The predicted molar refractivity (Wildman–Crippen MR) is 88.7 cm³/mol. The Balaban J connectivity index is 2.12. The van der Waals surface area contributed by atoms with Crippen LogP contribution in [0.1, 0.15) is 18.3 Å². The molecule has 0 fully saturated rings. The zero-order valence-electron chi connectivity index (χ0n) is 12.6. The van der Waals surface area contributed by atoms with Crippen LogP contribution in [0.5, 0.6) is 0 Å². The lowest BCUT2D eigenvalue weighted by Gasteiger charge is -2.23. The summed E-state index contributed by atoms with van der Waals surface area (Å²) in [5.41, 5.74) is 12.3. The van der Waals surface area contributed by atoms with Gasteiger partial charge in [-0.15, -0.1) is 0 Å². The van der Waals surface area contributed by atoms with E-state index < -0.39 is 5.41 Å². The van der Waals surface area contributed by atoms with E-state index in [1.54, 1.807) is 6.07 Å². The molecule has 4 N–H and O–H groups in total. The predicted octanol–water partition coefficient (Wildman–Crippen LogP) is 2.64. The van der Waals surface area contributed by atoms with Gasteiger partial charge in [-0.05, 0) is 24.6 Å². The standard InChI is InChI=1S/C17H16FN5/c1-17(12-6-4-7-13(18)9-12)8-3-2-5-11(10-17)14-21-15(19)23-16(20)22-14/h2-10H,1H3,(H4,19,20,21,22,23). The van der Waals surface area contributed by atoms with Crippen LogP contribution < -0.4 is 11.5 Å². The maximum absolute atomic E-state index is 13.6. The minimum Gasteiger partial charge on any atom is -0.368 e. The lowest BCUT2D eigenvalue weighted by molar-refractivity contribution is 0.619. The van der Waals surface area contributed by atoms with Crippen molar-refractivity contribution in [3.8, 4) is 0 Å². The Bertz CT molecular complexity index is 820. The Morgan fingerprint density at radius 2 is 1.78 bits per heavy atom. The maximum atomic E-state index is 13.6. The van der Waals surface area contributed by atoms with Crippen molar-refractivity contribution in [1.29, 1.82) is 0 Å². The van der Waals surface area contributed by atoms with Crippen LogP contribution in [-0.2, 0) is 5.41 Å². The second-order valence-electron chi connectivity index (χ2n) is 5.49. The number of allylic oxidation sites excluding steroid dienone is 6. The van der Waals surface area contributed by atoms with Gasteiger partial charge in [0.25, 0.3) is 0 Å². The molecule has 0 saturated heterocycles. The summed E-state index contributed by atoms with van der Waals surface area (Å²) >= 11 is 0. The van der Waals surface area contributed by atoms with Gasteiger partial charge in [0.1, 0.15) is 5.82 Å². The first-order valence-corrected chi connectivity index (χ1v) is 7.08. The molecule has 1 unspecified atom stereocenters. The zero-order valence-corrected chi connectivity index (χ0v) is 12.6. The van der Waals surface area contributed by atoms with E-state index in [0.717, 1.165) is 11.1 Å². The van der Waals surface area contributed by atoms with Crippen LogP contribution in [0.2, 0.25) is 0 Å². The smallest absolute Gasteiger partial charge is 0.225 e. The normalized spacial score (nSPS) is 20.2. The van der Waals surface area contributed by atoms with Gasteiger partial charge < -0.3 is 11.5 Å². The highest BCUT2D eigenvalue weighted by atomic mass is 19.1. The number of hydrogen-bond acceptors (Lipinski definition) is 5. The van der Waals surface area contributed by atoms with Crippen LogP contribution in [0, 0.1) is 5.82 Å². The molecule has 0 aliphatic heterocycles. The molecule has 1 aromatic heterocycles. The van der Waals surface area contributed by atoms with Gasteiger partial charge >= 0.3 is 0 Å². The number of anilines is 2. The van der Waals surface area contributed by atoms with E-state index in [1.165, 1.54) is 12.1 Å². The highest BCUT2D eigenvalue weighted by molar-refractivity contribution is 5.73. The maximum Gasteiger partial charge on any atom is 0.225 e. The van der Waals surface area contributed by atoms with Crippen molar-refractivity contribution in [2.45, 2.75) is 12.3 Å². The van der Waals surface area contributed by atoms with E-state index in [1.807, 2.05) is 43.4 Å². The molecule has 0 radical (unpaired) electrons. The second kappa shape index (κ2) is 5.64. The number of aromatic nitrogens is 3. The molecular weight excluding hydrogens is 293 g/mol. The van der Waals surface area contributed by atoms with Gasteiger partial charge in [-0.25, -0.2) is 4.39 Å². The third-order valence-corrected chi connectivity index (χ3v) is 3.66. The molecule has 0 amide bonds. The van der Waals surface area contributed by atoms with E-state index in [0.29, 0.717) is 5.82 Å². The van der Waals surface area contributed by atoms with Gasteiger partial charge in [0, 0.05) is 11.0 Å². The van der Waals surface area contributed by atoms with E-state index in [9.17, 15) is 4.39 Å². The molecule has 0 saturated carbocycles. The largest absolute Gasteiger partial charge is 0.368 e. The average Bonchev–Trinajstić information content (AvgIpc) is 2.69. The molecule has 3 rings (SSSR count). The number of nitrogen functional groups attached to an aromatic ring is 2. The van der Waals surface area contributed by atoms with E-state index in [-0.39, 0.29) is 17.7 Å². The van der Waals surface area contributed by atoms with Gasteiger partial charge in [-0.3, -0.25) is 0 Å². The molecule has 0 bridgehead atoms. The molecule has 1 aliphatic carbocycles. The Morgan fingerprint density at radius 3 is 2.48 bits per heavy atom. The second-order valence-corrected chi connectivity index (χ2v) is 5.49. The fourth-order valence-electron chi connectivity index (χ4n) is 2.51. The van der Waals surface area contributed by atoms with Gasteiger partial charge in [-0.1, -0.05) is 42.5 Å². The minimum atomic E-state index is -0.517.